The Kier molecular flexibility index (Phi) is 36.2. The van der Waals surface area contributed by atoms with Crippen molar-refractivity contribution in [1.29, 1.82) is 0 Å². The van der Waals surface area contributed by atoms with Crippen molar-refractivity contribution in [2.75, 3.05) is 19.8 Å². The van der Waals surface area contributed by atoms with Crippen LogP contribution in [0.2, 0.25) is 0 Å². The zero-order chi connectivity index (χ0) is 25.0. The second-order valence-electron chi connectivity index (χ2n) is 6.02. The van der Waals surface area contributed by atoms with E-state index in [1.54, 1.807) is 22.5 Å². The van der Waals surface area contributed by atoms with Gasteiger partial charge in [-0.2, -0.15) is 0 Å². The van der Waals surface area contributed by atoms with Crippen molar-refractivity contribution in [3.05, 3.63) is 35.9 Å². The Bertz CT molecular complexity index is 514. The van der Waals surface area contributed by atoms with Gasteiger partial charge in [-0.05, 0) is 19.3 Å². The molecule has 0 saturated heterocycles. The Labute approximate surface area is 241 Å². The van der Waals surface area contributed by atoms with E-state index >= 15 is 0 Å². The van der Waals surface area contributed by atoms with Gasteiger partial charge in [0.1, 0.15) is 0 Å². The summed E-state index contributed by atoms with van der Waals surface area (Å²) in [5.41, 5.74) is 1.45. The number of unbranched alkanes of at least 4 members (excludes halogenated alkanes) is 3. The number of hydrogen-bond acceptors (Lipinski definition) is 9. The van der Waals surface area contributed by atoms with Crippen LogP contribution < -0.4 is 0 Å². The van der Waals surface area contributed by atoms with E-state index in [9.17, 15) is 0 Å². The van der Waals surface area contributed by atoms with E-state index in [2.05, 4.69) is 126 Å². The zero-order valence-electron chi connectivity index (χ0n) is 19.1. The quantitative estimate of drug-likeness (QED) is 0.125. The van der Waals surface area contributed by atoms with E-state index in [1.165, 1.54) is 10.0 Å². The molecule has 3 nitrogen and oxygen atoms in total. The molecule has 0 radical (unpaired) electrons. The molecule has 0 aromatic heterocycles. The fourth-order valence-corrected chi connectivity index (χ4v) is 2.67. The van der Waals surface area contributed by atoms with Gasteiger partial charge in [-0.15, -0.1) is 0 Å². The second kappa shape index (κ2) is 31.3. The molecular formula is C22H34O3S6Sn. The van der Waals surface area contributed by atoms with Crippen molar-refractivity contribution < 1.29 is 14.2 Å². The van der Waals surface area contributed by atoms with Gasteiger partial charge in [0.2, 0.25) is 0 Å². The molecule has 0 amide bonds. The maximum atomic E-state index is 4.83. The van der Waals surface area contributed by atoms with Gasteiger partial charge in [0.25, 0.3) is 0 Å². The topological polar surface area (TPSA) is 27.7 Å². The molecule has 0 bridgehead atoms. The number of ether oxygens (including phenoxy) is 3. The van der Waals surface area contributed by atoms with E-state index < -0.39 is 0 Å². The minimum absolute atomic E-state index is 0.235. The third kappa shape index (κ3) is 40.7. The first-order valence-corrected chi connectivity index (χ1v) is 14.9. The molecule has 180 valence electrons. The van der Waals surface area contributed by atoms with Crippen molar-refractivity contribution >= 4 is 110 Å². The van der Waals surface area contributed by atoms with Crippen molar-refractivity contribution in [2.45, 2.75) is 63.7 Å². The molecule has 0 spiro atoms. The molecule has 0 saturated carbocycles. The van der Waals surface area contributed by atoms with E-state index in [1.807, 2.05) is 0 Å². The van der Waals surface area contributed by atoms with Crippen LogP contribution >= 0.6 is 36.7 Å². The van der Waals surface area contributed by atoms with Crippen LogP contribution in [0.5, 0.6) is 0 Å². The standard InChI is InChI=1S/C7H7.3C5H10OS2.Sn/c1-7-5-3-2-4-6-7;3*1-2-3-4-6-5(7)8;/h2-6H,1H2;3*2-4H2,1H3,(H,7,8);/q;;;;+3/p-3. The molecule has 0 unspecified atom stereocenters. The SMILES string of the molecule is CCCCOC(=S)[S-].CCCCOC(=S)[S-].CCCCOC(=S)[S-].[Sn+3][CH2]c1ccccc1. The Morgan fingerprint density at radius 2 is 1.00 bits per heavy atom. The van der Waals surface area contributed by atoms with Gasteiger partial charge in [-0.3, -0.25) is 0 Å². The van der Waals surface area contributed by atoms with Crippen molar-refractivity contribution in [2.24, 2.45) is 0 Å². The molecule has 0 aliphatic carbocycles. The summed E-state index contributed by atoms with van der Waals surface area (Å²) in [7, 11) is 0. The molecule has 1 aromatic carbocycles. The van der Waals surface area contributed by atoms with Crippen LogP contribution in [-0.2, 0) is 56.5 Å². The Balaban J connectivity index is -0.000000350. The molecular weight excluding hydrogens is 623 g/mol. The Morgan fingerprint density at radius 3 is 1.19 bits per heavy atom. The van der Waals surface area contributed by atoms with Gasteiger partial charge in [0, 0.05) is 13.1 Å². The fourth-order valence-electron chi connectivity index (χ4n) is 1.50. The van der Waals surface area contributed by atoms with E-state index in [4.69, 9.17) is 14.2 Å². The van der Waals surface area contributed by atoms with E-state index in [0.717, 1.165) is 38.5 Å². The number of thiocarbonyl (C=S) groups is 3. The molecule has 0 heterocycles. The normalized spacial score (nSPS) is 8.78. The molecule has 10 heteroatoms. The van der Waals surface area contributed by atoms with Gasteiger partial charge < -0.3 is 88.8 Å². The molecule has 0 fully saturated rings. The molecule has 0 atom stereocenters. The van der Waals surface area contributed by atoms with Crippen LogP contribution in [0.1, 0.15) is 64.9 Å². The first-order valence-electron chi connectivity index (χ1n) is 10.4. The fraction of sp³-hybridized carbons (Fsp3) is 0.591. The monoisotopic (exact) mass is 658 g/mol. The van der Waals surface area contributed by atoms with Gasteiger partial charge in [0.15, 0.2) is 0 Å². The third-order valence-corrected chi connectivity index (χ3v) is 5.07. The van der Waals surface area contributed by atoms with Crippen LogP contribution in [0.25, 0.3) is 0 Å². The van der Waals surface area contributed by atoms with Crippen molar-refractivity contribution in [3.63, 3.8) is 0 Å². The summed E-state index contributed by atoms with van der Waals surface area (Å²) in [5.74, 6) is 0. The van der Waals surface area contributed by atoms with Crippen LogP contribution in [-0.4, -0.2) is 55.5 Å². The summed E-state index contributed by atoms with van der Waals surface area (Å²) in [4.78, 5) is 0. The van der Waals surface area contributed by atoms with Gasteiger partial charge in [-0.25, -0.2) is 0 Å². The van der Waals surface area contributed by atoms with E-state index in [0.29, 0.717) is 19.8 Å². The summed E-state index contributed by atoms with van der Waals surface area (Å²) in [6.45, 7) is 8.32. The van der Waals surface area contributed by atoms with E-state index in [-0.39, 0.29) is 13.1 Å². The molecule has 0 N–H and O–H groups in total. The van der Waals surface area contributed by atoms with Crippen molar-refractivity contribution in [3.8, 4) is 0 Å². The zero-order valence-corrected chi connectivity index (χ0v) is 26.9. The second-order valence-corrected chi connectivity index (χ2v) is 10.0. The number of benzene rings is 1. The average molecular weight is 658 g/mol. The average Bonchev–Trinajstić information content (AvgIpc) is 2.76. The number of hydrogen-bond donors (Lipinski definition) is 0. The van der Waals surface area contributed by atoms with Crippen LogP contribution in [0.15, 0.2) is 30.3 Å². The van der Waals surface area contributed by atoms with Gasteiger partial charge in [0.05, 0.1) is 19.8 Å². The minimum atomic E-state index is 0.235. The third-order valence-electron chi connectivity index (χ3n) is 3.20. The summed E-state index contributed by atoms with van der Waals surface area (Å²) in [6.07, 6.45) is 6.48. The first-order chi connectivity index (χ1) is 15.2. The molecule has 1 rings (SSSR count). The summed E-state index contributed by atoms with van der Waals surface area (Å²) < 4.78 is 16.4. The Hall–Kier alpha value is 0.349. The molecule has 0 aliphatic heterocycles. The van der Waals surface area contributed by atoms with Crippen LogP contribution in [0.4, 0.5) is 0 Å². The maximum absolute atomic E-state index is 4.83. The predicted molar refractivity (Wildman–Crippen MR) is 158 cm³/mol. The van der Waals surface area contributed by atoms with Crippen LogP contribution in [0.3, 0.4) is 0 Å². The molecule has 1 aromatic rings. The molecule has 0 aliphatic rings. The van der Waals surface area contributed by atoms with Gasteiger partial charge >= 0.3 is 62.9 Å². The van der Waals surface area contributed by atoms with Gasteiger partial charge in [-0.1, -0.05) is 40.0 Å². The Morgan fingerprint density at radius 1 is 0.688 bits per heavy atom. The van der Waals surface area contributed by atoms with Crippen molar-refractivity contribution in [1.82, 2.24) is 0 Å². The number of rotatable bonds is 10. The van der Waals surface area contributed by atoms with Crippen LogP contribution in [0, 0.1) is 0 Å². The summed E-state index contributed by atoms with van der Waals surface area (Å²) in [6, 6.07) is 10.5. The first kappa shape index (κ1) is 36.9. The predicted octanol–water partition coefficient (Wildman–Crippen LogP) is 6.26. The molecule has 32 heavy (non-hydrogen) atoms. The summed E-state index contributed by atoms with van der Waals surface area (Å²) >= 11 is 28.6. The summed E-state index contributed by atoms with van der Waals surface area (Å²) in [5, 5.41) is 0.